The van der Waals surface area contributed by atoms with E-state index in [4.69, 9.17) is 0 Å². The van der Waals surface area contributed by atoms with Crippen LogP contribution in [0, 0.1) is 6.92 Å². The van der Waals surface area contributed by atoms with E-state index in [1.165, 1.54) is 42.6 Å². The second-order valence-electron chi connectivity index (χ2n) is 7.38. The lowest BCUT2D eigenvalue weighted by atomic mass is 10.2. The zero-order chi connectivity index (χ0) is 23.4. The predicted octanol–water partition coefficient (Wildman–Crippen LogP) is 3.29. The van der Waals surface area contributed by atoms with E-state index in [0.717, 1.165) is 37.3 Å². The van der Waals surface area contributed by atoms with Crippen LogP contribution >= 0.6 is 0 Å². The first-order valence-electron chi connectivity index (χ1n) is 10.2. The molecule has 0 atom stereocenters. The van der Waals surface area contributed by atoms with Crippen LogP contribution in [0.4, 0.5) is 24.8 Å². The first-order chi connectivity index (χ1) is 15.8. The number of alkyl halides is 3. The number of fused-ring (bicyclic) bond motifs is 1. The molecule has 0 bridgehead atoms. The van der Waals surface area contributed by atoms with Crippen molar-refractivity contribution in [2.45, 2.75) is 13.3 Å². The Hall–Kier alpha value is -3.73. The van der Waals surface area contributed by atoms with Gasteiger partial charge in [-0.25, -0.2) is 9.97 Å². The van der Waals surface area contributed by atoms with Crippen molar-refractivity contribution in [3.63, 3.8) is 0 Å². The summed E-state index contributed by atoms with van der Waals surface area (Å²) in [7, 11) is 0. The summed E-state index contributed by atoms with van der Waals surface area (Å²) < 4.78 is 40.5. The largest absolute Gasteiger partial charge is 0.573 e. The summed E-state index contributed by atoms with van der Waals surface area (Å²) in [6, 6.07) is 6.94. The van der Waals surface area contributed by atoms with E-state index in [0.29, 0.717) is 22.8 Å². The quantitative estimate of drug-likeness (QED) is 0.567. The van der Waals surface area contributed by atoms with Gasteiger partial charge in [0.05, 0.1) is 17.6 Å². The van der Waals surface area contributed by atoms with Crippen LogP contribution in [-0.2, 0) is 4.79 Å². The number of anilines is 2. The van der Waals surface area contributed by atoms with Gasteiger partial charge in [0, 0.05) is 37.6 Å². The van der Waals surface area contributed by atoms with Gasteiger partial charge >= 0.3 is 6.36 Å². The van der Waals surface area contributed by atoms with Gasteiger partial charge in [0.2, 0.25) is 11.9 Å². The number of nitrogens with one attached hydrogen (secondary N) is 2. The molecule has 33 heavy (non-hydrogen) atoms. The molecule has 2 N–H and O–H groups in total. The number of aromatic nitrogens is 3. The summed E-state index contributed by atoms with van der Waals surface area (Å²) in [6.07, 6.45) is -0.470. The summed E-state index contributed by atoms with van der Waals surface area (Å²) in [4.78, 5) is 27.9. The van der Waals surface area contributed by atoms with Gasteiger partial charge < -0.3 is 20.3 Å². The average molecular weight is 458 g/mol. The van der Waals surface area contributed by atoms with E-state index in [2.05, 4.69) is 35.2 Å². The van der Waals surface area contributed by atoms with Crippen molar-refractivity contribution in [1.82, 2.24) is 20.3 Å². The fourth-order valence-corrected chi connectivity index (χ4v) is 3.35. The number of piperazine rings is 1. The Bertz CT molecular complexity index is 1180. The molecule has 1 amide bonds. The minimum atomic E-state index is -4.75. The molecule has 0 aliphatic carbocycles. The number of nitrogens with zero attached hydrogens (tertiary/aromatic N) is 4. The third-order valence-corrected chi connectivity index (χ3v) is 4.94. The van der Waals surface area contributed by atoms with Crippen LogP contribution in [-0.4, -0.2) is 53.4 Å². The highest BCUT2D eigenvalue weighted by atomic mass is 19.4. The molecule has 1 aliphatic rings. The Morgan fingerprint density at radius 2 is 1.91 bits per heavy atom. The molecule has 1 fully saturated rings. The zero-order valence-corrected chi connectivity index (χ0v) is 17.7. The van der Waals surface area contributed by atoms with Gasteiger partial charge in [0.1, 0.15) is 5.75 Å². The molecule has 0 spiro atoms. The smallest absolute Gasteiger partial charge is 0.406 e. The molecule has 2 aromatic heterocycles. The van der Waals surface area contributed by atoms with E-state index in [-0.39, 0.29) is 5.75 Å². The second-order valence-corrected chi connectivity index (χ2v) is 7.38. The Balaban J connectivity index is 1.42. The van der Waals surface area contributed by atoms with Crippen LogP contribution in [0.3, 0.4) is 0 Å². The van der Waals surface area contributed by atoms with E-state index >= 15 is 0 Å². The number of halogens is 3. The van der Waals surface area contributed by atoms with Crippen LogP contribution < -0.4 is 20.3 Å². The van der Waals surface area contributed by atoms with E-state index in [9.17, 15) is 18.0 Å². The van der Waals surface area contributed by atoms with Gasteiger partial charge in [0.15, 0.2) is 5.65 Å². The van der Waals surface area contributed by atoms with Crippen molar-refractivity contribution >= 4 is 34.7 Å². The summed E-state index contributed by atoms with van der Waals surface area (Å²) in [5.74, 6) is -0.104. The number of carbonyl (C=O) groups excluding carboxylic acids is 1. The van der Waals surface area contributed by atoms with Gasteiger partial charge in [-0.2, -0.15) is 4.98 Å². The van der Waals surface area contributed by atoms with E-state index in [1.807, 2.05) is 6.92 Å². The lowest BCUT2D eigenvalue weighted by molar-refractivity contribution is -0.274. The molecule has 1 aromatic carbocycles. The van der Waals surface area contributed by atoms with E-state index < -0.39 is 12.3 Å². The molecule has 11 heteroatoms. The lowest BCUT2D eigenvalue weighted by Gasteiger charge is -2.27. The summed E-state index contributed by atoms with van der Waals surface area (Å²) in [5, 5.41) is 6.74. The summed E-state index contributed by atoms with van der Waals surface area (Å²) >= 11 is 0. The van der Waals surface area contributed by atoms with Gasteiger partial charge in [-0.3, -0.25) is 4.79 Å². The minimum Gasteiger partial charge on any atom is -0.406 e. The van der Waals surface area contributed by atoms with Crippen LogP contribution in [0.25, 0.3) is 17.1 Å². The number of hydrogen-bond acceptors (Lipinski definition) is 7. The predicted molar refractivity (Wildman–Crippen MR) is 118 cm³/mol. The molecule has 8 nitrogen and oxygen atoms in total. The molecule has 1 saturated heterocycles. The Morgan fingerprint density at radius 3 is 2.61 bits per heavy atom. The maximum atomic E-state index is 12.3. The Labute approximate surface area is 187 Å². The molecule has 4 rings (SSSR count). The number of pyridine rings is 1. The summed E-state index contributed by atoms with van der Waals surface area (Å²) in [5.41, 5.74) is 2.33. The van der Waals surface area contributed by atoms with Crippen LogP contribution in [0.15, 0.2) is 42.6 Å². The third kappa shape index (κ3) is 5.95. The van der Waals surface area contributed by atoms with Crippen molar-refractivity contribution in [2.75, 3.05) is 36.4 Å². The molecule has 0 saturated carbocycles. The minimum absolute atomic E-state index is 0.330. The fraction of sp³-hybridized carbons (Fsp3) is 0.273. The number of rotatable bonds is 5. The van der Waals surface area contributed by atoms with Gasteiger partial charge in [-0.1, -0.05) is 12.1 Å². The molecule has 0 unspecified atom stereocenters. The van der Waals surface area contributed by atoms with Crippen LogP contribution in [0.5, 0.6) is 5.75 Å². The van der Waals surface area contributed by atoms with Crippen LogP contribution in [0.1, 0.15) is 11.3 Å². The normalized spacial score (nSPS) is 14.6. The number of ether oxygens (including phenoxy) is 1. The Morgan fingerprint density at radius 1 is 1.18 bits per heavy atom. The lowest BCUT2D eigenvalue weighted by Crippen LogP contribution is -2.44. The molecule has 1 aliphatic heterocycles. The first-order valence-corrected chi connectivity index (χ1v) is 10.2. The highest BCUT2D eigenvalue weighted by Gasteiger charge is 2.30. The fourth-order valence-electron chi connectivity index (χ4n) is 3.35. The van der Waals surface area contributed by atoms with Crippen LogP contribution in [0.2, 0.25) is 0 Å². The number of carbonyl (C=O) groups is 1. The monoisotopic (exact) mass is 458 g/mol. The van der Waals surface area contributed by atoms with Crippen molar-refractivity contribution in [2.24, 2.45) is 0 Å². The SMILES string of the molecule is Cc1nc(N2CCNCC2)nc2ncc(NC(=O)C=Cc3ccc(OC(F)(F)F)cc3)cc12. The zero-order valence-electron chi connectivity index (χ0n) is 17.7. The number of aryl methyl sites for hydroxylation is 1. The molecule has 3 heterocycles. The van der Waals surface area contributed by atoms with Crippen molar-refractivity contribution in [3.8, 4) is 5.75 Å². The number of amides is 1. The van der Waals surface area contributed by atoms with Crippen molar-refractivity contribution in [3.05, 3.63) is 53.9 Å². The van der Waals surface area contributed by atoms with Gasteiger partial charge in [-0.05, 0) is 36.8 Å². The topological polar surface area (TPSA) is 92.3 Å². The summed E-state index contributed by atoms with van der Waals surface area (Å²) in [6.45, 7) is 5.26. The molecule has 0 radical (unpaired) electrons. The van der Waals surface area contributed by atoms with Crippen molar-refractivity contribution < 1.29 is 22.7 Å². The maximum Gasteiger partial charge on any atom is 0.573 e. The average Bonchev–Trinajstić information content (AvgIpc) is 2.78. The highest BCUT2D eigenvalue weighted by Crippen LogP contribution is 2.23. The number of hydrogen-bond donors (Lipinski definition) is 2. The molecular weight excluding hydrogens is 437 g/mol. The van der Waals surface area contributed by atoms with Gasteiger partial charge in [-0.15, -0.1) is 13.2 Å². The second kappa shape index (κ2) is 9.41. The molecule has 3 aromatic rings. The molecular formula is C22H21F3N6O2. The van der Waals surface area contributed by atoms with Crippen molar-refractivity contribution in [1.29, 1.82) is 0 Å². The number of benzene rings is 1. The molecule has 172 valence electrons. The third-order valence-electron chi connectivity index (χ3n) is 4.94. The van der Waals surface area contributed by atoms with Gasteiger partial charge in [0.25, 0.3) is 0 Å². The Kier molecular flexibility index (Phi) is 6.40. The standard InChI is InChI=1S/C22H21F3N6O2/c1-14-18-12-16(13-27-20(18)30-21(28-14)31-10-8-26-9-11-31)29-19(32)7-4-15-2-5-17(6-3-15)33-22(23,24)25/h2-7,12-13,26H,8-11H2,1H3,(H,29,32). The first kappa shape index (κ1) is 22.5. The van der Waals surface area contributed by atoms with E-state index in [1.54, 1.807) is 6.07 Å². The maximum absolute atomic E-state index is 12.3. The highest BCUT2D eigenvalue weighted by molar-refractivity contribution is 6.02.